The minimum atomic E-state index is -0.455. The topological polar surface area (TPSA) is 60.1 Å². The first-order chi connectivity index (χ1) is 11.1. The average Bonchev–Trinajstić information content (AvgIpc) is 2.84. The van der Waals surface area contributed by atoms with Crippen LogP contribution in [0.2, 0.25) is 0 Å². The molecule has 0 aliphatic carbocycles. The molecule has 0 aliphatic rings. The van der Waals surface area contributed by atoms with Crippen LogP contribution in [0, 0.1) is 9.77 Å². The highest BCUT2D eigenvalue weighted by molar-refractivity contribution is 7.73. The van der Waals surface area contributed by atoms with Gasteiger partial charge < -0.3 is 11.1 Å². The number of aromatic nitrogens is 1. The van der Waals surface area contributed by atoms with Crippen molar-refractivity contribution in [3.63, 3.8) is 0 Å². The van der Waals surface area contributed by atoms with Gasteiger partial charge in [-0.15, -0.1) is 0 Å². The van der Waals surface area contributed by atoms with Gasteiger partial charge in [0.1, 0.15) is 16.5 Å². The zero-order valence-corrected chi connectivity index (χ0v) is 13.5. The lowest BCUT2D eigenvalue weighted by Crippen LogP contribution is -2.13. The molecule has 1 amide bonds. The number of carbonyl (C=O) groups is 1. The molecule has 116 valence electrons. The van der Waals surface area contributed by atoms with Gasteiger partial charge in [-0.05, 0) is 36.5 Å². The van der Waals surface area contributed by atoms with Crippen molar-refractivity contribution in [2.24, 2.45) is 0 Å². The molecule has 3 rings (SSSR count). The van der Waals surface area contributed by atoms with Crippen molar-refractivity contribution in [1.82, 2.24) is 4.57 Å². The lowest BCUT2D eigenvalue weighted by molar-refractivity contribution is 0.103. The molecular weight excluding hydrogens is 333 g/mol. The summed E-state index contributed by atoms with van der Waals surface area (Å²) >= 11 is 6.29. The summed E-state index contributed by atoms with van der Waals surface area (Å²) in [7, 11) is 0. The van der Waals surface area contributed by atoms with Crippen LogP contribution in [-0.2, 0) is 0 Å². The van der Waals surface area contributed by atoms with Crippen molar-refractivity contribution < 1.29 is 9.18 Å². The number of thiazole rings is 1. The molecule has 0 aliphatic heterocycles. The van der Waals surface area contributed by atoms with Crippen LogP contribution < -0.4 is 11.1 Å². The van der Waals surface area contributed by atoms with Crippen molar-refractivity contribution in [1.29, 1.82) is 0 Å². The van der Waals surface area contributed by atoms with Gasteiger partial charge in [-0.1, -0.05) is 41.7 Å². The first-order valence-corrected chi connectivity index (χ1v) is 7.93. The van der Waals surface area contributed by atoms with E-state index in [-0.39, 0.29) is 22.3 Å². The Morgan fingerprint density at radius 2 is 1.78 bits per heavy atom. The third-order valence-electron chi connectivity index (χ3n) is 3.18. The first kappa shape index (κ1) is 15.4. The molecule has 1 aromatic heterocycles. The minimum absolute atomic E-state index is 0.124. The van der Waals surface area contributed by atoms with Gasteiger partial charge in [0.2, 0.25) is 0 Å². The number of halogens is 1. The molecule has 0 saturated carbocycles. The molecule has 0 radical (unpaired) electrons. The predicted molar refractivity (Wildman–Crippen MR) is 93.2 cm³/mol. The van der Waals surface area contributed by atoms with E-state index in [1.807, 2.05) is 18.2 Å². The standard InChI is InChI=1S/C16H12FN3OS2/c17-11-8-4-5-9-12(11)20-14(18)13(23-16(20)22)15(21)19-10-6-2-1-3-7-10/h1-9H,18H2,(H,19,21). The lowest BCUT2D eigenvalue weighted by atomic mass is 10.3. The first-order valence-electron chi connectivity index (χ1n) is 6.70. The van der Waals surface area contributed by atoms with Crippen LogP contribution in [0.25, 0.3) is 5.69 Å². The quantitative estimate of drug-likeness (QED) is 0.698. The number of amides is 1. The van der Waals surface area contributed by atoms with Gasteiger partial charge in [-0.2, -0.15) is 0 Å². The Morgan fingerprint density at radius 1 is 1.13 bits per heavy atom. The van der Waals surface area contributed by atoms with Crippen LogP contribution in [0.5, 0.6) is 0 Å². The molecule has 2 aromatic carbocycles. The van der Waals surface area contributed by atoms with E-state index in [0.29, 0.717) is 9.64 Å². The van der Waals surface area contributed by atoms with Gasteiger partial charge in [0.15, 0.2) is 3.95 Å². The Balaban J connectivity index is 2.00. The number of hydrogen-bond acceptors (Lipinski definition) is 4. The maximum absolute atomic E-state index is 14.0. The molecular formula is C16H12FN3OS2. The number of anilines is 2. The number of benzene rings is 2. The van der Waals surface area contributed by atoms with Crippen molar-refractivity contribution in [3.8, 4) is 5.69 Å². The summed E-state index contributed by atoms with van der Waals surface area (Å²) in [4.78, 5) is 12.6. The Bertz CT molecular complexity index is 919. The fraction of sp³-hybridized carbons (Fsp3) is 0. The zero-order valence-electron chi connectivity index (χ0n) is 11.8. The highest BCUT2D eigenvalue weighted by Crippen LogP contribution is 2.28. The molecule has 0 spiro atoms. The van der Waals surface area contributed by atoms with E-state index in [0.717, 1.165) is 11.3 Å². The van der Waals surface area contributed by atoms with E-state index in [2.05, 4.69) is 5.32 Å². The van der Waals surface area contributed by atoms with Crippen molar-refractivity contribution in [3.05, 3.63) is 69.2 Å². The summed E-state index contributed by atoms with van der Waals surface area (Å²) in [5.74, 6) is -0.707. The monoisotopic (exact) mass is 345 g/mol. The number of hydrogen-bond donors (Lipinski definition) is 2. The van der Waals surface area contributed by atoms with Crippen LogP contribution in [0.4, 0.5) is 15.9 Å². The number of nitrogens with two attached hydrogens (primary N) is 1. The Hall–Kier alpha value is -2.51. The van der Waals surface area contributed by atoms with E-state index >= 15 is 0 Å². The molecule has 0 saturated heterocycles. The lowest BCUT2D eigenvalue weighted by Gasteiger charge is -2.08. The molecule has 0 bridgehead atoms. The van der Waals surface area contributed by atoms with Crippen molar-refractivity contribution >= 4 is 41.0 Å². The van der Waals surface area contributed by atoms with Gasteiger partial charge in [0.05, 0.1) is 5.69 Å². The van der Waals surface area contributed by atoms with Crippen molar-refractivity contribution in [2.45, 2.75) is 0 Å². The van der Waals surface area contributed by atoms with Crippen molar-refractivity contribution in [2.75, 3.05) is 11.1 Å². The summed E-state index contributed by atoms with van der Waals surface area (Å²) in [5, 5.41) is 2.74. The second kappa shape index (κ2) is 6.31. The second-order valence-corrected chi connectivity index (χ2v) is 6.33. The summed E-state index contributed by atoms with van der Waals surface area (Å²) in [6.45, 7) is 0. The summed E-state index contributed by atoms with van der Waals surface area (Å²) < 4.78 is 15.7. The number of carbonyl (C=O) groups excluding carboxylic acids is 1. The zero-order chi connectivity index (χ0) is 16.4. The maximum atomic E-state index is 14.0. The van der Waals surface area contributed by atoms with E-state index in [1.165, 1.54) is 10.6 Å². The SMILES string of the molecule is Nc1c(C(=O)Nc2ccccc2)sc(=S)n1-c1ccccc1F. The molecule has 1 heterocycles. The smallest absolute Gasteiger partial charge is 0.269 e. The van der Waals surface area contributed by atoms with E-state index in [1.54, 1.807) is 30.3 Å². The molecule has 23 heavy (non-hydrogen) atoms. The van der Waals surface area contributed by atoms with Crippen LogP contribution >= 0.6 is 23.6 Å². The molecule has 0 atom stereocenters. The normalized spacial score (nSPS) is 10.5. The Kier molecular flexibility index (Phi) is 4.22. The largest absolute Gasteiger partial charge is 0.383 e. The number of para-hydroxylation sites is 2. The van der Waals surface area contributed by atoms with E-state index in [9.17, 15) is 9.18 Å². The second-order valence-electron chi connectivity index (χ2n) is 4.69. The molecule has 0 unspecified atom stereocenters. The molecule has 7 heteroatoms. The third-order valence-corrected chi connectivity index (χ3v) is 4.57. The summed E-state index contributed by atoms with van der Waals surface area (Å²) in [6, 6.07) is 15.1. The maximum Gasteiger partial charge on any atom is 0.269 e. The van der Waals surface area contributed by atoms with Gasteiger partial charge >= 0.3 is 0 Å². The van der Waals surface area contributed by atoms with Crippen LogP contribution in [-0.4, -0.2) is 10.5 Å². The van der Waals surface area contributed by atoms with Crippen LogP contribution in [0.15, 0.2) is 54.6 Å². The van der Waals surface area contributed by atoms with Crippen LogP contribution in [0.1, 0.15) is 9.67 Å². The highest BCUT2D eigenvalue weighted by Gasteiger charge is 2.19. The van der Waals surface area contributed by atoms with E-state index in [4.69, 9.17) is 18.0 Å². The van der Waals surface area contributed by atoms with Gasteiger partial charge in [-0.3, -0.25) is 9.36 Å². The predicted octanol–water partition coefficient (Wildman–Crippen LogP) is 4.24. The summed E-state index contributed by atoms with van der Waals surface area (Å²) in [5.41, 5.74) is 6.91. The molecule has 3 aromatic rings. The average molecular weight is 345 g/mol. The number of nitrogens with one attached hydrogen (secondary N) is 1. The van der Waals surface area contributed by atoms with Gasteiger partial charge in [-0.25, -0.2) is 4.39 Å². The van der Waals surface area contributed by atoms with E-state index < -0.39 is 5.82 Å². The van der Waals surface area contributed by atoms with Gasteiger partial charge in [0, 0.05) is 5.69 Å². The highest BCUT2D eigenvalue weighted by atomic mass is 32.1. The summed E-state index contributed by atoms with van der Waals surface area (Å²) in [6.07, 6.45) is 0. The Labute approximate surface area is 141 Å². The molecule has 4 nitrogen and oxygen atoms in total. The third kappa shape index (κ3) is 3.01. The van der Waals surface area contributed by atoms with Gasteiger partial charge in [0.25, 0.3) is 5.91 Å². The molecule has 0 fully saturated rings. The van der Waals surface area contributed by atoms with Crippen LogP contribution in [0.3, 0.4) is 0 Å². The molecule has 3 N–H and O–H groups in total. The minimum Gasteiger partial charge on any atom is -0.383 e. The Morgan fingerprint density at radius 3 is 2.48 bits per heavy atom. The number of nitrogen functional groups attached to an aromatic ring is 1. The fourth-order valence-electron chi connectivity index (χ4n) is 2.12. The fourth-order valence-corrected chi connectivity index (χ4v) is 3.37. The number of nitrogens with zero attached hydrogens (tertiary/aromatic N) is 1. The number of rotatable bonds is 3.